The minimum atomic E-state index is -0.772. The largest absolute Gasteiger partial charge is 0.462 e. The molecule has 0 radical (unpaired) electrons. The standard InChI is InChI=1S/C65H116O6/c1-4-7-10-13-16-18-20-22-24-26-28-30-31-32-33-35-36-38-40-42-44-46-49-52-55-58-64(67)70-61-62(60-69-63(66)57-54-51-48-15-12-9-6-3)71-65(68)59-56-53-50-47-45-43-41-39-37-34-29-27-25-23-21-19-17-14-11-8-5-2/h7,10,16,18,22,24,27-30,62H,4-6,8-9,11-15,17,19-21,23,25-26,31-61H2,1-3H3/b10-7-,18-16-,24-22-,29-27-,30-28-. The third-order valence-corrected chi connectivity index (χ3v) is 13.5. The van der Waals surface area contributed by atoms with Gasteiger partial charge in [-0.25, -0.2) is 0 Å². The Labute approximate surface area is 440 Å². The fourth-order valence-electron chi connectivity index (χ4n) is 8.90. The first-order valence-electron chi connectivity index (χ1n) is 30.8. The van der Waals surface area contributed by atoms with Gasteiger partial charge in [-0.05, 0) is 83.5 Å². The maximum Gasteiger partial charge on any atom is 0.306 e. The summed E-state index contributed by atoms with van der Waals surface area (Å²) in [6.07, 6.45) is 75.3. The molecule has 6 nitrogen and oxygen atoms in total. The van der Waals surface area contributed by atoms with Crippen LogP contribution in [0.4, 0.5) is 0 Å². The van der Waals surface area contributed by atoms with E-state index in [0.29, 0.717) is 19.3 Å². The van der Waals surface area contributed by atoms with E-state index in [2.05, 4.69) is 81.5 Å². The molecule has 0 aromatic rings. The molecule has 0 aromatic carbocycles. The first-order valence-corrected chi connectivity index (χ1v) is 30.8. The summed E-state index contributed by atoms with van der Waals surface area (Å²) >= 11 is 0. The van der Waals surface area contributed by atoms with Gasteiger partial charge in [0.2, 0.25) is 0 Å². The number of ether oxygens (including phenoxy) is 3. The summed E-state index contributed by atoms with van der Waals surface area (Å²) in [6, 6.07) is 0. The predicted molar refractivity (Wildman–Crippen MR) is 307 cm³/mol. The lowest BCUT2D eigenvalue weighted by atomic mass is 10.0. The van der Waals surface area contributed by atoms with Gasteiger partial charge in [0, 0.05) is 19.3 Å². The number of carbonyl (C=O) groups is 3. The fraction of sp³-hybridized carbons (Fsp3) is 0.800. The van der Waals surface area contributed by atoms with Crippen LogP contribution in [0.25, 0.3) is 0 Å². The van der Waals surface area contributed by atoms with Crippen molar-refractivity contribution in [1.82, 2.24) is 0 Å². The van der Waals surface area contributed by atoms with E-state index in [1.807, 2.05) is 0 Å². The molecular weight excluding hydrogens is 877 g/mol. The van der Waals surface area contributed by atoms with Crippen molar-refractivity contribution in [1.29, 1.82) is 0 Å². The second-order valence-electron chi connectivity index (χ2n) is 20.6. The predicted octanol–water partition coefficient (Wildman–Crippen LogP) is 20.8. The van der Waals surface area contributed by atoms with Crippen LogP contribution < -0.4 is 0 Å². The van der Waals surface area contributed by atoms with Crippen LogP contribution in [0.1, 0.15) is 316 Å². The van der Waals surface area contributed by atoms with Gasteiger partial charge in [0.1, 0.15) is 13.2 Å². The molecule has 412 valence electrons. The highest BCUT2D eigenvalue weighted by Gasteiger charge is 2.19. The van der Waals surface area contributed by atoms with E-state index >= 15 is 0 Å². The summed E-state index contributed by atoms with van der Waals surface area (Å²) in [5, 5.41) is 0. The molecule has 0 rings (SSSR count). The van der Waals surface area contributed by atoms with Gasteiger partial charge in [-0.2, -0.15) is 0 Å². The van der Waals surface area contributed by atoms with Gasteiger partial charge in [-0.1, -0.05) is 274 Å². The average Bonchev–Trinajstić information content (AvgIpc) is 3.37. The van der Waals surface area contributed by atoms with Gasteiger partial charge in [-0.3, -0.25) is 14.4 Å². The van der Waals surface area contributed by atoms with Gasteiger partial charge in [0.05, 0.1) is 0 Å². The Hall–Kier alpha value is -2.89. The summed E-state index contributed by atoms with van der Waals surface area (Å²) in [4.78, 5) is 38.0. The van der Waals surface area contributed by atoms with Gasteiger partial charge in [-0.15, -0.1) is 0 Å². The van der Waals surface area contributed by atoms with Gasteiger partial charge in [0.15, 0.2) is 6.10 Å². The topological polar surface area (TPSA) is 78.9 Å². The molecule has 0 aliphatic rings. The zero-order chi connectivity index (χ0) is 51.4. The number of unbranched alkanes of at least 4 members (excludes halogenated alkanes) is 35. The van der Waals surface area contributed by atoms with Crippen LogP contribution in [0, 0.1) is 0 Å². The van der Waals surface area contributed by atoms with E-state index in [1.54, 1.807) is 0 Å². The monoisotopic (exact) mass is 993 g/mol. The van der Waals surface area contributed by atoms with Crippen molar-refractivity contribution in [3.05, 3.63) is 60.8 Å². The SMILES string of the molecule is CC/C=C\C/C=C\C/C=C\C/C=C\CCCCCCCCCCCCCCC(=O)OCC(COC(=O)CCCCCCCCC)OC(=O)CCCCCCCCCCC/C=C\CCCCCCCCCC. The van der Waals surface area contributed by atoms with Crippen LogP contribution in [0.5, 0.6) is 0 Å². The maximum absolute atomic E-state index is 12.8. The Morgan fingerprint density at radius 1 is 0.296 bits per heavy atom. The third kappa shape index (κ3) is 57.9. The zero-order valence-electron chi connectivity index (χ0n) is 47.2. The summed E-state index contributed by atoms with van der Waals surface area (Å²) in [5.41, 5.74) is 0. The van der Waals surface area contributed by atoms with Crippen LogP contribution in [-0.2, 0) is 28.6 Å². The lowest BCUT2D eigenvalue weighted by Crippen LogP contribution is -2.30. The van der Waals surface area contributed by atoms with Crippen molar-refractivity contribution in [2.24, 2.45) is 0 Å². The molecule has 1 unspecified atom stereocenters. The van der Waals surface area contributed by atoms with E-state index < -0.39 is 6.10 Å². The molecule has 1 atom stereocenters. The summed E-state index contributed by atoms with van der Waals surface area (Å²) in [6.45, 7) is 6.52. The van der Waals surface area contributed by atoms with E-state index in [4.69, 9.17) is 14.2 Å². The Balaban J connectivity index is 4.13. The van der Waals surface area contributed by atoms with Gasteiger partial charge in [0.25, 0.3) is 0 Å². The maximum atomic E-state index is 12.8. The normalized spacial score (nSPS) is 12.4. The first kappa shape index (κ1) is 68.1. The molecule has 0 aliphatic carbocycles. The summed E-state index contributed by atoms with van der Waals surface area (Å²) in [5.74, 6) is -0.870. The lowest BCUT2D eigenvalue weighted by Gasteiger charge is -2.18. The number of rotatable bonds is 56. The van der Waals surface area contributed by atoms with Gasteiger partial charge < -0.3 is 14.2 Å². The van der Waals surface area contributed by atoms with E-state index in [-0.39, 0.29) is 31.1 Å². The highest BCUT2D eigenvalue weighted by Crippen LogP contribution is 2.16. The molecule has 0 saturated heterocycles. The highest BCUT2D eigenvalue weighted by molar-refractivity contribution is 5.71. The zero-order valence-corrected chi connectivity index (χ0v) is 47.2. The molecule has 0 aromatic heterocycles. The smallest absolute Gasteiger partial charge is 0.306 e. The third-order valence-electron chi connectivity index (χ3n) is 13.5. The molecule has 0 N–H and O–H groups in total. The van der Waals surface area contributed by atoms with Crippen molar-refractivity contribution in [3.63, 3.8) is 0 Å². The number of allylic oxidation sites excluding steroid dienone is 10. The van der Waals surface area contributed by atoms with Crippen molar-refractivity contribution in [2.75, 3.05) is 13.2 Å². The molecule has 0 bridgehead atoms. The quantitative estimate of drug-likeness (QED) is 0.0261. The fourth-order valence-corrected chi connectivity index (χ4v) is 8.90. The number of esters is 3. The van der Waals surface area contributed by atoms with E-state index in [0.717, 1.165) is 83.5 Å². The second kappa shape index (κ2) is 59.7. The first-order chi connectivity index (χ1) is 35.0. The minimum Gasteiger partial charge on any atom is -0.462 e. The van der Waals surface area contributed by atoms with Crippen molar-refractivity contribution in [2.45, 2.75) is 322 Å². The lowest BCUT2D eigenvalue weighted by molar-refractivity contribution is -0.167. The van der Waals surface area contributed by atoms with Crippen molar-refractivity contribution >= 4 is 17.9 Å². The van der Waals surface area contributed by atoms with Crippen LogP contribution in [0.3, 0.4) is 0 Å². The Kier molecular flexibility index (Phi) is 57.2. The number of carbonyl (C=O) groups excluding carboxylic acids is 3. The van der Waals surface area contributed by atoms with Gasteiger partial charge >= 0.3 is 17.9 Å². The van der Waals surface area contributed by atoms with Crippen LogP contribution >= 0.6 is 0 Å². The number of hydrogen-bond donors (Lipinski definition) is 0. The Morgan fingerprint density at radius 3 is 0.873 bits per heavy atom. The molecule has 0 spiro atoms. The molecule has 0 fully saturated rings. The molecule has 0 heterocycles. The Morgan fingerprint density at radius 2 is 0.549 bits per heavy atom. The molecule has 6 heteroatoms. The molecule has 0 amide bonds. The van der Waals surface area contributed by atoms with Crippen LogP contribution in [0.15, 0.2) is 60.8 Å². The van der Waals surface area contributed by atoms with Crippen molar-refractivity contribution < 1.29 is 28.6 Å². The number of hydrogen-bond acceptors (Lipinski definition) is 6. The van der Waals surface area contributed by atoms with Crippen molar-refractivity contribution in [3.8, 4) is 0 Å². The van der Waals surface area contributed by atoms with E-state index in [9.17, 15) is 14.4 Å². The minimum absolute atomic E-state index is 0.0728. The molecule has 0 aliphatic heterocycles. The molecule has 71 heavy (non-hydrogen) atoms. The highest BCUT2D eigenvalue weighted by atomic mass is 16.6. The van der Waals surface area contributed by atoms with Crippen LogP contribution in [-0.4, -0.2) is 37.2 Å². The van der Waals surface area contributed by atoms with E-state index in [1.165, 1.54) is 193 Å². The molecule has 0 saturated carbocycles. The van der Waals surface area contributed by atoms with Crippen LogP contribution in [0.2, 0.25) is 0 Å². The second-order valence-corrected chi connectivity index (χ2v) is 20.6. The summed E-state index contributed by atoms with van der Waals surface area (Å²) in [7, 11) is 0. The molecular formula is C65H116O6. The average molecular weight is 994 g/mol. The Bertz CT molecular complexity index is 1280. The summed E-state index contributed by atoms with van der Waals surface area (Å²) < 4.78 is 16.8.